The van der Waals surface area contributed by atoms with Gasteiger partial charge >= 0.3 is 6.03 Å². The molecule has 0 atom stereocenters. The fraction of sp³-hybridized carbons (Fsp3) is 0.429. The zero-order valence-electron chi connectivity index (χ0n) is 19.4. The van der Waals surface area contributed by atoms with Crippen molar-refractivity contribution in [1.82, 2.24) is 19.1 Å². The maximum Gasteiger partial charge on any atom is 0.327 e. The summed E-state index contributed by atoms with van der Waals surface area (Å²) in [6.45, 7) is 5.55. The molecule has 2 N–H and O–H groups in total. The van der Waals surface area contributed by atoms with Gasteiger partial charge in [-0.3, -0.25) is 9.58 Å². The molecule has 1 aromatic carbocycles. The standard InChI is InChI=1S/C21H29N7O4S2/c1-16-19(34(30,31)25(2)10-11-28-9-8-22-28)33-21(23-16)26(3)20(29)24-17-4-6-18(7-5-17)27-12-14-32-15-13-27/h4-9,22H,10-15H2,1-3H3,(H,24,29). The van der Waals surface area contributed by atoms with E-state index in [0.717, 1.165) is 30.1 Å². The first-order chi connectivity index (χ1) is 16.3. The molecule has 1 saturated heterocycles. The smallest absolute Gasteiger partial charge is 0.327 e. The number of hydrogen-bond acceptors (Lipinski definition) is 7. The quantitative estimate of drug-likeness (QED) is 0.484. The molecule has 0 aliphatic carbocycles. The molecule has 2 aromatic heterocycles. The SMILES string of the molecule is Cc1nc(N(C)C(=O)Nc2ccc(N3CCOCC3)cc2)sc1S(=O)(=O)N(C)CCn1cc[nH]1. The van der Waals surface area contributed by atoms with Crippen molar-refractivity contribution in [2.24, 2.45) is 0 Å². The number of H-pyrrole nitrogens is 1. The molecule has 184 valence electrons. The van der Waals surface area contributed by atoms with Gasteiger partial charge in [-0.15, -0.1) is 0 Å². The first kappa shape index (κ1) is 24.3. The number of rotatable bonds is 8. The third-order valence-electron chi connectivity index (χ3n) is 5.62. The highest BCUT2D eigenvalue weighted by molar-refractivity contribution is 7.91. The van der Waals surface area contributed by atoms with Gasteiger partial charge in [0.15, 0.2) is 9.34 Å². The zero-order chi connectivity index (χ0) is 24.3. The summed E-state index contributed by atoms with van der Waals surface area (Å²) in [7, 11) is -0.620. The summed E-state index contributed by atoms with van der Waals surface area (Å²) in [5.74, 6) is 0. The maximum atomic E-state index is 13.0. The van der Waals surface area contributed by atoms with Crippen molar-refractivity contribution in [3.63, 3.8) is 0 Å². The number of anilines is 3. The minimum absolute atomic E-state index is 0.131. The van der Waals surface area contributed by atoms with Gasteiger partial charge in [-0.2, -0.15) is 4.31 Å². The third-order valence-corrected chi connectivity index (χ3v) is 9.30. The van der Waals surface area contributed by atoms with Crippen molar-refractivity contribution in [3.05, 3.63) is 42.4 Å². The minimum Gasteiger partial charge on any atom is -0.378 e. The number of likely N-dealkylation sites (N-methyl/N-ethyl adjacent to an activating group) is 1. The predicted octanol–water partition coefficient (Wildman–Crippen LogP) is 2.41. The van der Waals surface area contributed by atoms with Crippen LogP contribution >= 0.6 is 11.3 Å². The highest BCUT2D eigenvalue weighted by Gasteiger charge is 2.28. The number of amides is 2. The Hall–Kier alpha value is -2.87. The normalized spacial score (nSPS) is 14.5. The van der Waals surface area contributed by atoms with Gasteiger partial charge in [0.25, 0.3) is 10.0 Å². The molecular formula is C21H29N7O4S2. The Morgan fingerprint density at radius 2 is 1.91 bits per heavy atom. The van der Waals surface area contributed by atoms with Crippen LogP contribution in [0, 0.1) is 6.92 Å². The van der Waals surface area contributed by atoms with Crippen molar-refractivity contribution in [2.45, 2.75) is 17.7 Å². The molecule has 0 spiro atoms. The zero-order valence-corrected chi connectivity index (χ0v) is 21.0. The van der Waals surface area contributed by atoms with Crippen LogP contribution < -0.4 is 15.1 Å². The fourth-order valence-corrected chi connectivity index (χ4v) is 6.26. The van der Waals surface area contributed by atoms with Gasteiger partial charge in [-0.1, -0.05) is 11.3 Å². The molecule has 1 fully saturated rings. The third kappa shape index (κ3) is 5.27. The van der Waals surface area contributed by atoms with Crippen LogP contribution in [-0.2, 0) is 21.3 Å². The van der Waals surface area contributed by atoms with Gasteiger partial charge < -0.3 is 20.1 Å². The second-order valence-corrected chi connectivity index (χ2v) is 11.2. The van der Waals surface area contributed by atoms with Crippen LogP contribution in [0.25, 0.3) is 0 Å². The Kier molecular flexibility index (Phi) is 7.26. The molecule has 13 heteroatoms. The molecule has 1 aliphatic heterocycles. The number of ether oxygens (including phenoxy) is 1. The van der Waals surface area contributed by atoms with E-state index < -0.39 is 16.1 Å². The lowest BCUT2D eigenvalue weighted by atomic mass is 10.2. The summed E-state index contributed by atoms with van der Waals surface area (Å²) in [6, 6.07) is 7.20. The van der Waals surface area contributed by atoms with E-state index >= 15 is 0 Å². The lowest BCUT2D eigenvalue weighted by Gasteiger charge is -2.29. The summed E-state index contributed by atoms with van der Waals surface area (Å²) < 4.78 is 34.7. The van der Waals surface area contributed by atoms with E-state index in [1.165, 1.54) is 16.3 Å². The second-order valence-electron chi connectivity index (χ2n) is 7.97. The van der Waals surface area contributed by atoms with Crippen LogP contribution in [0.1, 0.15) is 5.69 Å². The lowest BCUT2D eigenvalue weighted by Crippen LogP contribution is -2.36. The molecule has 0 radical (unpaired) electrons. The van der Waals surface area contributed by atoms with E-state index in [0.29, 0.717) is 42.8 Å². The van der Waals surface area contributed by atoms with E-state index in [1.54, 1.807) is 24.9 Å². The number of benzene rings is 1. The predicted molar refractivity (Wildman–Crippen MR) is 132 cm³/mol. The van der Waals surface area contributed by atoms with Gasteiger partial charge in [0.2, 0.25) is 0 Å². The van der Waals surface area contributed by atoms with Crippen LogP contribution in [0.4, 0.5) is 21.3 Å². The van der Waals surface area contributed by atoms with Crippen molar-refractivity contribution < 1.29 is 17.9 Å². The Balaban J connectivity index is 1.40. The second kappa shape index (κ2) is 10.2. The summed E-state index contributed by atoms with van der Waals surface area (Å²) in [4.78, 5) is 20.7. The van der Waals surface area contributed by atoms with E-state index in [9.17, 15) is 13.2 Å². The van der Waals surface area contributed by atoms with Gasteiger partial charge in [-0.05, 0) is 31.2 Å². The van der Waals surface area contributed by atoms with Crippen molar-refractivity contribution in [3.8, 4) is 0 Å². The fourth-order valence-electron chi connectivity index (χ4n) is 3.45. The maximum absolute atomic E-state index is 13.0. The van der Waals surface area contributed by atoms with Crippen LogP contribution in [0.5, 0.6) is 0 Å². The molecule has 34 heavy (non-hydrogen) atoms. The summed E-state index contributed by atoms with van der Waals surface area (Å²) in [5, 5.41) is 6.08. The highest BCUT2D eigenvalue weighted by atomic mass is 32.2. The van der Waals surface area contributed by atoms with Crippen LogP contribution in [0.3, 0.4) is 0 Å². The molecule has 3 aromatic rings. The average Bonchev–Trinajstić information content (AvgIpc) is 3.20. The Morgan fingerprint density at radius 3 is 2.53 bits per heavy atom. The number of aryl methyl sites for hydroxylation is 1. The van der Waals surface area contributed by atoms with E-state index in [1.807, 2.05) is 30.5 Å². The number of nitrogens with one attached hydrogen (secondary N) is 2. The topological polar surface area (TPSA) is 116 Å². The molecule has 4 rings (SSSR count). The number of morpholine rings is 1. The van der Waals surface area contributed by atoms with Crippen LogP contribution in [0.2, 0.25) is 0 Å². The number of thiazole rings is 1. The summed E-state index contributed by atoms with van der Waals surface area (Å²) >= 11 is 0.980. The summed E-state index contributed by atoms with van der Waals surface area (Å²) in [6.07, 6.45) is 3.60. The molecule has 0 unspecified atom stereocenters. The number of carbonyl (C=O) groups is 1. The number of hydrogen-bond donors (Lipinski definition) is 2. The van der Waals surface area contributed by atoms with Crippen molar-refractivity contribution >= 4 is 43.9 Å². The average molecular weight is 508 g/mol. The van der Waals surface area contributed by atoms with E-state index in [-0.39, 0.29) is 4.21 Å². The minimum atomic E-state index is -3.72. The number of carbonyl (C=O) groups excluding carboxylic acids is 1. The van der Waals surface area contributed by atoms with Gasteiger partial charge in [0.05, 0.1) is 25.5 Å². The van der Waals surface area contributed by atoms with Gasteiger partial charge in [0.1, 0.15) is 0 Å². The summed E-state index contributed by atoms with van der Waals surface area (Å²) in [5.41, 5.74) is 2.08. The number of nitrogens with zero attached hydrogens (tertiary/aromatic N) is 5. The van der Waals surface area contributed by atoms with E-state index in [2.05, 4.69) is 20.3 Å². The first-order valence-electron chi connectivity index (χ1n) is 10.9. The first-order valence-corrected chi connectivity index (χ1v) is 13.1. The van der Waals surface area contributed by atoms with Gasteiger partial charge in [0, 0.05) is 57.5 Å². The van der Waals surface area contributed by atoms with E-state index in [4.69, 9.17) is 4.74 Å². The molecule has 11 nitrogen and oxygen atoms in total. The number of sulfonamides is 1. The Bertz CT molecular complexity index is 1200. The van der Waals surface area contributed by atoms with Crippen molar-refractivity contribution in [1.29, 1.82) is 0 Å². The monoisotopic (exact) mass is 507 g/mol. The van der Waals surface area contributed by atoms with Crippen molar-refractivity contribution in [2.75, 3.05) is 62.1 Å². The molecular weight excluding hydrogens is 478 g/mol. The lowest BCUT2D eigenvalue weighted by molar-refractivity contribution is 0.122. The largest absolute Gasteiger partial charge is 0.378 e. The highest BCUT2D eigenvalue weighted by Crippen LogP contribution is 2.31. The number of urea groups is 1. The van der Waals surface area contributed by atoms with Crippen LogP contribution in [-0.4, -0.2) is 80.5 Å². The molecule has 3 heterocycles. The molecule has 0 bridgehead atoms. The van der Waals surface area contributed by atoms with Gasteiger partial charge in [-0.25, -0.2) is 18.2 Å². The number of aromatic nitrogens is 3. The van der Waals surface area contributed by atoms with Crippen LogP contribution in [0.15, 0.2) is 40.9 Å². The molecule has 0 saturated carbocycles. The molecule has 1 aliphatic rings. The Morgan fingerprint density at radius 1 is 1.24 bits per heavy atom. The molecule has 2 amide bonds. The Labute approximate surface area is 203 Å². The number of aromatic amines is 1.